The van der Waals surface area contributed by atoms with E-state index in [0.717, 1.165) is 17.0 Å². The smallest absolute Gasteiger partial charge is 0.178 e. The summed E-state index contributed by atoms with van der Waals surface area (Å²) in [4.78, 5) is 0. The van der Waals surface area contributed by atoms with E-state index in [1.54, 1.807) is 38.1 Å². The van der Waals surface area contributed by atoms with Gasteiger partial charge in [-0.15, -0.1) is 5.10 Å². The molecule has 0 radical (unpaired) electrons. The third kappa shape index (κ3) is 3.46. The molecule has 7 nitrogen and oxygen atoms in total. The summed E-state index contributed by atoms with van der Waals surface area (Å²) in [7, 11) is 4.97. The molecule has 3 aromatic rings. The quantitative estimate of drug-likeness (QED) is 0.692. The molecule has 0 amide bonds. The maximum Gasteiger partial charge on any atom is 0.178 e. The first kappa shape index (κ1) is 18.4. The van der Waals surface area contributed by atoms with Gasteiger partial charge in [0.05, 0.1) is 31.0 Å². The Bertz CT molecular complexity index is 899. The third-order valence-corrected chi connectivity index (χ3v) is 4.41. The highest BCUT2D eigenvalue weighted by atomic mass is 35.5. The fourth-order valence-corrected chi connectivity index (χ4v) is 3.30. The van der Waals surface area contributed by atoms with Crippen molar-refractivity contribution in [3.05, 3.63) is 57.8 Å². The Kier molecular flexibility index (Phi) is 5.61. The molecule has 136 valence electrons. The first-order valence-corrected chi connectivity index (χ1v) is 8.47. The van der Waals surface area contributed by atoms with Gasteiger partial charge in [-0.1, -0.05) is 23.2 Å². The molecule has 0 spiro atoms. The van der Waals surface area contributed by atoms with Crippen LogP contribution in [0.3, 0.4) is 0 Å². The Morgan fingerprint density at radius 1 is 1.08 bits per heavy atom. The predicted octanol–water partition coefficient (Wildman–Crippen LogP) is 3.30. The van der Waals surface area contributed by atoms with E-state index < -0.39 is 6.04 Å². The number of nitrogens with zero attached hydrogens (tertiary/aromatic N) is 4. The molecular formula is C17H17Cl2N5O2. The molecule has 2 aromatic carbocycles. The second kappa shape index (κ2) is 7.90. The molecule has 0 saturated carbocycles. The average molecular weight is 394 g/mol. The van der Waals surface area contributed by atoms with Crippen molar-refractivity contribution < 1.29 is 9.47 Å². The second-order valence-electron chi connectivity index (χ2n) is 5.38. The Labute approximate surface area is 160 Å². The minimum absolute atomic E-state index is 0.391. The zero-order valence-electron chi connectivity index (χ0n) is 14.4. The minimum Gasteiger partial charge on any atom is -0.497 e. The van der Waals surface area contributed by atoms with Gasteiger partial charge in [-0.25, -0.2) is 0 Å². The molecule has 1 atom stereocenters. The first-order chi connectivity index (χ1) is 12.6. The van der Waals surface area contributed by atoms with Crippen LogP contribution in [0.15, 0.2) is 36.4 Å². The van der Waals surface area contributed by atoms with Gasteiger partial charge in [-0.3, -0.25) is 0 Å². The Balaban J connectivity index is 2.09. The Hall–Kier alpha value is -2.35. The molecule has 3 rings (SSSR count). The van der Waals surface area contributed by atoms with Crippen LogP contribution in [-0.2, 0) is 0 Å². The molecule has 0 bridgehead atoms. The highest BCUT2D eigenvalue weighted by Crippen LogP contribution is 2.37. The van der Waals surface area contributed by atoms with Crippen LogP contribution < -0.4 is 14.8 Å². The lowest BCUT2D eigenvalue weighted by Gasteiger charge is -2.20. The maximum absolute atomic E-state index is 6.28. The monoisotopic (exact) mass is 393 g/mol. The number of hydrogen-bond acceptors (Lipinski definition) is 6. The van der Waals surface area contributed by atoms with Crippen LogP contribution in [0.25, 0.3) is 5.69 Å². The van der Waals surface area contributed by atoms with Gasteiger partial charge in [0.25, 0.3) is 0 Å². The van der Waals surface area contributed by atoms with Crippen LogP contribution in [0.1, 0.15) is 17.4 Å². The summed E-state index contributed by atoms with van der Waals surface area (Å²) in [6.07, 6.45) is 0. The van der Waals surface area contributed by atoms with E-state index in [4.69, 9.17) is 32.7 Å². The fraction of sp³-hybridized carbons (Fsp3) is 0.235. The highest BCUT2D eigenvalue weighted by molar-refractivity contribution is 6.35. The number of benzene rings is 2. The lowest BCUT2D eigenvalue weighted by molar-refractivity contribution is 0.404. The van der Waals surface area contributed by atoms with Crippen LogP contribution in [0.2, 0.25) is 10.0 Å². The largest absolute Gasteiger partial charge is 0.497 e. The molecule has 0 aliphatic heterocycles. The number of hydrogen-bond donors (Lipinski definition) is 1. The zero-order valence-corrected chi connectivity index (χ0v) is 15.9. The van der Waals surface area contributed by atoms with Gasteiger partial charge < -0.3 is 14.8 Å². The van der Waals surface area contributed by atoms with E-state index in [1.807, 2.05) is 24.3 Å². The zero-order chi connectivity index (χ0) is 18.7. The van der Waals surface area contributed by atoms with E-state index in [9.17, 15) is 0 Å². The number of ether oxygens (including phenoxy) is 2. The molecule has 9 heteroatoms. The number of nitrogens with one attached hydrogen (secondary N) is 1. The summed E-state index contributed by atoms with van der Waals surface area (Å²) < 4.78 is 12.3. The van der Waals surface area contributed by atoms with Crippen LogP contribution in [0.5, 0.6) is 11.5 Å². The van der Waals surface area contributed by atoms with E-state index in [2.05, 4.69) is 20.8 Å². The summed E-state index contributed by atoms with van der Waals surface area (Å²) in [5.74, 6) is 1.82. The summed E-state index contributed by atoms with van der Waals surface area (Å²) in [6, 6.07) is 10.4. The van der Waals surface area contributed by atoms with Crippen molar-refractivity contribution in [1.82, 2.24) is 25.5 Å². The number of halogens is 2. The van der Waals surface area contributed by atoms with Crippen molar-refractivity contribution in [3.8, 4) is 17.2 Å². The van der Waals surface area contributed by atoms with Gasteiger partial charge in [0, 0.05) is 10.6 Å². The van der Waals surface area contributed by atoms with Crippen molar-refractivity contribution in [1.29, 1.82) is 0 Å². The second-order valence-corrected chi connectivity index (χ2v) is 6.22. The molecule has 26 heavy (non-hydrogen) atoms. The summed E-state index contributed by atoms with van der Waals surface area (Å²) in [5.41, 5.74) is 1.52. The van der Waals surface area contributed by atoms with Crippen molar-refractivity contribution in [2.24, 2.45) is 0 Å². The van der Waals surface area contributed by atoms with Crippen LogP contribution in [0.4, 0.5) is 0 Å². The van der Waals surface area contributed by atoms with E-state index >= 15 is 0 Å². The molecule has 0 fully saturated rings. The molecule has 1 unspecified atom stereocenters. The average Bonchev–Trinajstić information content (AvgIpc) is 3.11. The standard InChI is InChI=1S/C17H17Cl2N5O2/c1-20-15(13-8-10(18)9-14(19)16(13)26-3)17-21-22-23-24(17)11-4-6-12(25-2)7-5-11/h4-9,15,20H,1-3H3. The summed E-state index contributed by atoms with van der Waals surface area (Å²) >= 11 is 12.5. The van der Waals surface area contributed by atoms with Gasteiger partial charge in [0.15, 0.2) is 5.82 Å². The van der Waals surface area contributed by atoms with Gasteiger partial charge in [0.1, 0.15) is 11.5 Å². The number of methoxy groups -OCH3 is 2. The molecule has 1 heterocycles. The lowest BCUT2D eigenvalue weighted by Crippen LogP contribution is -2.23. The fourth-order valence-electron chi connectivity index (χ4n) is 2.72. The van der Waals surface area contributed by atoms with Gasteiger partial charge in [0.2, 0.25) is 0 Å². The molecule has 1 N–H and O–H groups in total. The normalized spacial score (nSPS) is 12.0. The third-order valence-electron chi connectivity index (χ3n) is 3.91. The van der Waals surface area contributed by atoms with Gasteiger partial charge in [-0.05, 0) is 53.9 Å². The SMILES string of the molecule is CNC(c1cc(Cl)cc(Cl)c1OC)c1nnnn1-c1ccc(OC)cc1. The number of tetrazole rings is 1. The molecule has 0 aliphatic rings. The van der Waals surface area contributed by atoms with Gasteiger partial charge in [-0.2, -0.15) is 4.68 Å². The van der Waals surface area contributed by atoms with E-state index in [0.29, 0.717) is 21.6 Å². The minimum atomic E-state index is -0.391. The Morgan fingerprint density at radius 3 is 2.42 bits per heavy atom. The number of aromatic nitrogens is 4. The molecule has 0 saturated heterocycles. The van der Waals surface area contributed by atoms with Crippen molar-refractivity contribution >= 4 is 23.2 Å². The first-order valence-electron chi connectivity index (χ1n) is 7.72. The van der Waals surface area contributed by atoms with Crippen molar-refractivity contribution in [2.45, 2.75) is 6.04 Å². The van der Waals surface area contributed by atoms with E-state index in [-0.39, 0.29) is 0 Å². The summed E-state index contributed by atoms with van der Waals surface area (Å²) in [5, 5.41) is 16.2. The van der Waals surface area contributed by atoms with Crippen LogP contribution in [0, 0.1) is 0 Å². The molecule has 0 aliphatic carbocycles. The molecule has 1 aromatic heterocycles. The van der Waals surface area contributed by atoms with Gasteiger partial charge >= 0.3 is 0 Å². The topological polar surface area (TPSA) is 74.1 Å². The Morgan fingerprint density at radius 2 is 1.81 bits per heavy atom. The summed E-state index contributed by atoms with van der Waals surface area (Å²) in [6.45, 7) is 0. The highest BCUT2D eigenvalue weighted by Gasteiger charge is 2.25. The molecular weight excluding hydrogens is 377 g/mol. The van der Waals surface area contributed by atoms with Crippen molar-refractivity contribution in [2.75, 3.05) is 21.3 Å². The van der Waals surface area contributed by atoms with E-state index in [1.165, 1.54) is 0 Å². The maximum atomic E-state index is 6.28. The number of rotatable bonds is 6. The lowest BCUT2D eigenvalue weighted by atomic mass is 10.0. The predicted molar refractivity (Wildman–Crippen MR) is 99.6 cm³/mol. The van der Waals surface area contributed by atoms with Crippen molar-refractivity contribution in [3.63, 3.8) is 0 Å². The van der Waals surface area contributed by atoms with Crippen LogP contribution >= 0.6 is 23.2 Å². The van der Waals surface area contributed by atoms with Crippen LogP contribution in [-0.4, -0.2) is 41.5 Å².